The maximum Gasteiger partial charge on any atom is 0.0797 e. The lowest BCUT2D eigenvalue weighted by Gasteiger charge is -2.33. The lowest BCUT2D eigenvalue weighted by molar-refractivity contribution is 0.0700. The second-order valence-corrected chi connectivity index (χ2v) is 6.03. The maximum absolute atomic E-state index is 6.31. The quantitative estimate of drug-likeness (QED) is 0.822. The van der Waals surface area contributed by atoms with Gasteiger partial charge < -0.3 is 10.5 Å². The van der Waals surface area contributed by atoms with Crippen LogP contribution in [0.1, 0.15) is 42.7 Å². The van der Waals surface area contributed by atoms with Crippen molar-refractivity contribution in [2.24, 2.45) is 5.73 Å². The number of nitrogens with two attached hydrogens (primary N) is 1. The molecule has 1 aliphatic carbocycles. The number of nitrogens with zero attached hydrogens (tertiary/aromatic N) is 1. The minimum absolute atomic E-state index is 0.0546. The van der Waals surface area contributed by atoms with E-state index in [0.717, 1.165) is 31.6 Å². The van der Waals surface area contributed by atoms with E-state index in [2.05, 4.69) is 11.9 Å². The zero-order valence-electron chi connectivity index (χ0n) is 10.6. The van der Waals surface area contributed by atoms with Gasteiger partial charge in [0.2, 0.25) is 0 Å². The lowest BCUT2D eigenvalue weighted by atomic mass is 9.83. The van der Waals surface area contributed by atoms with Crippen LogP contribution in [0.5, 0.6) is 0 Å². The van der Waals surface area contributed by atoms with Gasteiger partial charge in [0.15, 0.2) is 0 Å². The molecule has 4 heteroatoms. The molecule has 1 heterocycles. The SMILES string of the molecule is Cc1ncsc1CCOCC1(N)CCCCC1. The fourth-order valence-electron chi connectivity index (χ4n) is 2.41. The molecule has 2 N–H and O–H groups in total. The third kappa shape index (κ3) is 3.76. The third-order valence-electron chi connectivity index (χ3n) is 3.56. The third-order valence-corrected chi connectivity index (χ3v) is 4.55. The maximum atomic E-state index is 6.31. The number of aryl methyl sites for hydroxylation is 1. The van der Waals surface area contributed by atoms with Crippen molar-refractivity contribution in [2.45, 2.75) is 51.0 Å². The molecule has 0 bridgehead atoms. The molecule has 0 amide bonds. The molecule has 0 saturated heterocycles. The molecule has 2 rings (SSSR count). The van der Waals surface area contributed by atoms with E-state index in [4.69, 9.17) is 10.5 Å². The van der Waals surface area contributed by atoms with Gasteiger partial charge in [-0.15, -0.1) is 11.3 Å². The minimum Gasteiger partial charge on any atom is -0.379 e. The second-order valence-electron chi connectivity index (χ2n) is 5.09. The number of ether oxygens (including phenoxy) is 1. The molecule has 0 radical (unpaired) electrons. The summed E-state index contributed by atoms with van der Waals surface area (Å²) in [5.74, 6) is 0. The molecular formula is C13H22N2OS. The Morgan fingerprint density at radius 3 is 2.82 bits per heavy atom. The molecular weight excluding hydrogens is 232 g/mol. The first kappa shape index (κ1) is 13.0. The molecule has 0 spiro atoms. The predicted molar refractivity (Wildman–Crippen MR) is 71.4 cm³/mol. The minimum atomic E-state index is -0.0546. The average Bonchev–Trinajstić information content (AvgIpc) is 2.72. The van der Waals surface area contributed by atoms with E-state index in [-0.39, 0.29) is 5.54 Å². The van der Waals surface area contributed by atoms with Crippen molar-refractivity contribution in [3.8, 4) is 0 Å². The van der Waals surface area contributed by atoms with Gasteiger partial charge in [0.1, 0.15) is 0 Å². The fourth-order valence-corrected chi connectivity index (χ4v) is 3.17. The highest BCUT2D eigenvalue weighted by atomic mass is 32.1. The van der Waals surface area contributed by atoms with Crippen LogP contribution in [0, 0.1) is 6.92 Å². The van der Waals surface area contributed by atoms with E-state index in [9.17, 15) is 0 Å². The normalized spacial score (nSPS) is 19.4. The Kier molecular flexibility index (Phi) is 4.54. The first-order valence-electron chi connectivity index (χ1n) is 6.45. The van der Waals surface area contributed by atoms with Crippen LogP contribution in [0.25, 0.3) is 0 Å². The monoisotopic (exact) mass is 254 g/mol. The number of aromatic nitrogens is 1. The molecule has 0 aliphatic heterocycles. The van der Waals surface area contributed by atoms with E-state index in [1.165, 1.54) is 24.1 Å². The number of hydrogen-bond donors (Lipinski definition) is 1. The van der Waals surface area contributed by atoms with Crippen LogP contribution in [0.2, 0.25) is 0 Å². The highest BCUT2D eigenvalue weighted by molar-refractivity contribution is 7.09. The summed E-state index contributed by atoms with van der Waals surface area (Å²) in [6.07, 6.45) is 7.05. The number of hydrogen-bond acceptors (Lipinski definition) is 4. The van der Waals surface area contributed by atoms with E-state index in [1.807, 2.05) is 5.51 Å². The molecule has 1 saturated carbocycles. The van der Waals surface area contributed by atoms with Gasteiger partial charge in [0.05, 0.1) is 24.4 Å². The van der Waals surface area contributed by atoms with Gasteiger partial charge in [-0.05, 0) is 19.8 Å². The van der Waals surface area contributed by atoms with Crippen LogP contribution in [0.3, 0.4) is 0 Å². The topological polar surface area (TPSA) is 48.1 Å². The van der Waals surface area contributed by atoms with Crippen molar-refractivity contribution in [2.75, 3.05) is 13.2 Å². The van der Waals surface area contributed by atoms with Crippen molar-refractivity contribution in [3.63, 3.8) is 0 Å². The first-order chi connectivity index (χ1) is 8.20. The summed E-state index contributed by atoms with van der Waals surface area (Å²) >= 11 is 1.71. The van der Waals surface area contributed by atoms with Crippen LogP contribution in [-0.2, 0) is 11.2 Å². The molecule has 1 fully saturated rings. The highest BCUT2D eigenvalue weighted by Gasteiger charge is 2.27. The smallest absolute Gasteiger partial charge is 0.0797 e. The molecule has 1 aromatic heterocycles. The van der Waals surface area contributed by atoms with Crippen molar-refractivity contribution < 1.29 is 4.74 Å². The van der Waals surface area contributed by atoms with Crippen LogP contribution in [-0.4, -0.2) is 23.7 Å². The van der Waals surface area contributed by atoms with Crippen LogP contribution >= 0.6 is 11.3 Å². The number of rotatable bonds is 5. The van der Waals surface area contributed by atoms with Gasteiger partial charge >= 0.3 is 0 Å². The van der Waals surface area contributed by atoms with E-state index in [1.54, 1.807) is 11.3 Å². The van der Waals surface area contributed by atoms with Crippen LogP contribution < -0.4 is 5.73 Å². The summed E-state index contributed by atoms with van der Waals surface area (Å²) in [4.78, 5) is 5.57. The highest BCUT2D eigenvalue weighted by Crippen LogP contribution is 2.26. The molecule has 17 heavy (non-hydrogen) atoms. The van der Waals surface area contributed by atoms with Crippen molar-refractivity contribution in [3.05, 3.63) is 16.1 Å². The van der Waals surface area contributed by atoms with Gasteiger partial charge in [0.25, 0.3) is 0 Å². The fraction of sp³-hybridized carbons (Fsp3) is 0.769. The van der Waals surface area contributed by atoms with Gasteiger partial charge in [-0.25, -0.2) is 4.98 Å². The molecule has 1 aliphatic rings. The van der Waals surface area contributed by atoms with Crippen LogP contribution in [0.15, 0.2) is 5.51 Å². The van der Waals surface area contributed by atoms with Gasteiger partial charge in [-0.3, -0.25) is 0 Å². The molecule has 1 aromatic rings. The van der Waals surface area contributed by atoms with E-state index in [0.29, 0.717) is 6.61 Å². The Bertz CT molecular complexity index is 345. The lowest BCUT2D eigenvalue weighted by Crippen LogP contribution is -2.46. The van der Waals surface area contributed by atoms with Crippen molar-refractivity contribution in [1.29, 1.82) is 0 Å². The molecule has 3 nitrogen and oxygen atoms in total. The van der Waals surface area contributed by atoms with E-state index >= 15 is 0 Å². The Balaban J connectivity index is 1.67. The largest absolute Gasteiger partial charge is 0.379 e. The summed E-state index contributed by atoms with van der Waals surface area (Å²) in [7, 11) is 0. The summed E-state index contributed by atoms with van der Waals surface area (Å²) in [6, 6.07) is 0. The summed E-state index contributed by atoms with van der Waals surface area (Å²) < 4.78 is 5.76. The van der Waals surface area contributed by atoms with Gasteiger partial charge in [-0.1, -0.05) is 19.3 Å². The Morgan fingerprint density at radius 1 is 1.41 bits per heavy atom. The predicted octanol–water partition coefficient (Wildman–Crippen LogP) is 2.67. The average molecular weight is 254 g/mol. The van der Waals surface area contributed by atoms with Crippen molar-refractivity contribution >= 4 is 11.3 Å². The molecule has 0 aromatic carbocycles. The van der Waals surface area contributed by atoms with Crippen LogP contribution in [0.4, 0.5) is 0 Å². The summed E-state index contributed by atoms with van der Waals surface area (Å²) in [5.41, 5.74) is 9.30. The Morgan fingerprint density at radius 2 is 2.18 bits per heavy atom. The first-order valence-corrected chi connectivity index (χ1v) is 7.33. The van der Waals surface area contributed by atoms with Gasteiger partial charge in [0, 0.05) is 16.8 Å². The molecule has 0 atom stereocenters. The zero-order valence-corrected chi connectivity index (χ0v) is 11.4. The van der Waals surface area contributed by atoms with E-state index < -0.39 is 0 Å². The summed E-state index contributed by atoms with van der Waals surface area (Å²) in [5, 5.41) is 0. The Hall–Kier alpha value is -0.450. The van der Waals surface area contributed by atoms with Gasteiger partial charge in [-0.2, -0.15) is 0 Å². The van der Waals surface area contributed by atoms with Crippen molar-refractivity contribution in [1.82, 2.24) is 4.98 Å². The molecule has 0 unspecified atom stereocenters. The summed E-state index contributed by atoms with van der Waals surface area (Å²) in [6.45, 7) is 3.53. The zero-order chi connectivity index (χ0) is 12.1. The molecule has 96 valence electrons. The standard InChI is InChI=1S/C13H22N2OS/c1-11-12(17-10-15-11)5-8-16-9-13(14)6-3-2-4-7-13/h10H,2-9,14H2,1H3. The second kappa shape index (κ2) is 5.94. The Labute approximate surface area is 107 Å². The number of thiazole rings is 1.